The van der Waals surface area contributed by atoms with Crippen molar-refractivity contribution in [2.45, 2.75) is 174 Å². The molecule has 2 unspecified atom stereocenters. The van der Waals surface area contributed by atoms with Crippen LogP contribution in [-0.4, -0.2) is 75.3 Å². The topological polar surface area (TPSA) is 111 Å². The van der Waals surface area contributed by atoms with E-state index >= 15 is 0 Å². The van der Waals surface area contributed by atoms with Crippen molar-refractivity contribution in [3.8, 4) is 0 Å². The minimum atomic E-state index is -4.64. The summed E-state index contributed by atoms with van der Waals surface area (Å²) in [6.45, 7) is 4.92. The fraction of sp³-hybridized carbons (Fsp3) is 0.946. The van der Waals surface area contributed by atoms with E-state index in [9.17, 15) is 19.0 Å². The molecule has 0 amide bonds. The number of phosphoric ester groups is 1. The first-order valence-corrected chi connectivity index (χ1v) is 21.5. The Labute approximate surface area is 300 Å². The predicted molar refractivity (Wildman–Crippen MR) is 198 cm³/mol. The first kappa shape index (κ1) is 47.4. The maximum absolute atomic E-state index is 12.6. The van der Waals surface area contributed by atoms with Crippen molar-refractivity contribution in [2.75, 3.05) is 52.8 Å². The molecule has 0 aliphatic rings. The van der Waals surface area contributed by atoms with Gasteiger partial charge < -0.3 is 27.9 Å². The zero-order chi connectivity index (χ0) is 35.8. The zero-order valence-electron chi connectivity index (χ0n) is 31.4. The molecule has 0 aromatic rings. The van der Waals surface area contributed by atoms with Crippen LogP contribution in [0.5, 0.6) is 0 Å². The molecule has 286 valence electrons. The van der Waals surface area contributed by atoms with Gasteiger partial charge in [0.25, 0.3) is 7.82 Å². The summed E-state index contributed by atoms with van der Waals surface area (Å²) in [6.07, 6.45) is 25.5. The lowest BCUT2D eigenvalue weighted by Gasteiger charge is -2.31. The number of unbranched alkanes of at least 4 members (excludes halogenated alkanes) is 20. The van der Waals surface area contributed by atoms with Crippen LogP contribution in [0.2, 0.25) is 0 Å². The third-order valence-electron chi connectivity index (χ3n) is 8.77. The van der Waals surface area contributed by atoms with E-state index in [1.807, 2.05) is 14.1 Å². The lowest BCUT2D eigenvalue weighted by Crippen LogP contribution is -2.43. The van der Waals surface area contributed by atoms with Crippen LogP contribution < -0.4 is 4.89 Å². The van der Waals surface area contributed by atoms with Crippen LogP contribution in [0.1, 0.15) is 168 Å². The number of ether oxygens (including phenoxy) is 2. The monoisotopic (exact) mass is 723 g/mol. The number of quaternary nitrogens is 1. The van der Waals surface area contributed by atoms with Gasteiger partial charge in [-0.15, -0.1) is 0 Å². The Morgan fingerprint density at radius 2 is 1.04 bits per heavy atom. The van der Waals surface area contributed by atoms with Crippen molar-refractivity contribution in [3.05, 3.63) is 0 Å². The number of carbonyl (C=O) groups excluding carboxylic acids is 2. The number of nitrogens with zero attached hydrogens (tertiary/aromatic N) is 1. The molecule has 0 heterocycles. The Morgan fingerprint density at radius 1 is 0.625 bits per heavy atom. The molecule has 9 nitrogen and oxygen atoms in total. The second-order valence-electron chi connectivity index (χ2n) is 14.0. The molecule has 0 aliphatic heterocycles. The van der Waals surface area contributed by atoms with Crippen molar-refractivity contribution < 1.29 is 42.1 Å². The van der Waals surface area contributed by atoms with Crippen LogP contribution in [0.25, 0.3) is 0 Å². The fourth-order valence-corrected chi connectivity index (χ4v) is 6.75. The average Bonchev–Trinajstić information content (AvgIpc) is 3.03. The predicted octanol–water partition coefficient (Wildman–Crippen LogP) is 9.35. The molecule has 0 aliphatic carbocycles. The third kappa shape index (κ3) is 32.6. The lowest BCUT2D eigenvalue weighted by molar-refractivity contribution is -0.887. The molecule has 48 heavy (non-hydrogen) atoms. The summed E-state index contributed by atoms with van der Waals surface area (Å²) in [5.74, 6) is -0.167. The smallest absolute Gasteiger partial charge is 0.306 e. The molecule has 0 rings (SSSR count). The van der Waals surface area contributed by atoms with Gasteiger partial charge in [-0.3, -0.25) is 14.2 Å². The molecule has 0 bridgehead atoms. The van der Waals surface area contributed by atoms with Gasteiger partial charge in [0.05, 0.1) is 27.2 Å². The van der Waals surface area contributed by atoms with Gasteiger partial charge in [-0.1, -0.05) is 142 Å². The Balaban J connectivity index is 4.54. The van der Waals surface area contributed by atoms with Crippen molar-refractivity contribution in [1.82, 2.24) is 0 Å². The first-order chi connectivity index (χ1) is 23.0. The number of carbonyl (C=O) groups is 2. The van der Waals surface area contributed by atoms with E-state index in [0.717, 1.165) is 45.1 Å². The molecule has 0 spiro atoms. The van der Waals surface area contributed by atoms with Crippen LogP contribution in [-0.2, 0) is 32.7 Å². The lowest BCUT2D eigenvalue weighted by atomic mass is 10.1. The van der Waals surface area contributed by atoms with Gasteiger partial charge in [0.2, 0.25) is 0 Å². The van der Waals surface area contributed by atoms with Crippen LogP contribution >= 0.6 is 20.5 Å². The summed E-state index contributed by atoms with van der Waals surface area (Å²) in [5.41, 5.74) is 0. The van der Waals surface area contributed by atoms with Crippen LogP contribution in [0.4, 0.5) is 0 Å². The Kier molecular flexibility index (Phi) is 31.8. The van der Waals surface area contributed by atoms with Gasteiger partial charge >= 0.3 is 11.9 Å². The highest BCUT2D eigenvalue weighted by Crippen LogP contribution is 2.38. The maximum atomic E-state index is 12.6. The van der Waals surface area contributed by atoms with Crippen molar-refractivity contribution in [1.29, 1.82) is 0 Å². The molecule has 0 aromatic heterocycles. The van der Waals surface area contributed by atoms with Gasteiger partial charge in [-0.25, -0.2) is 0 Å². The Morgan fingerprint density at radius 3 is 1.48 bits per heavy atom. The highest BCUT2D eigenvalue weighted by Gasteiger charge is 2.22. The SMILES string of the molecule is CCCCCCCCCCCCCC(=O)OCC(COP(=O)([O-])OCC[N+](C)(C)CCS)OC(=O)CCCCCCCCCCCCC. The fourth-order valence-electron chi connectivity index (χ4n) is 5.48. The number of thiol groups is 1. The molecule has 0 saturated carbocycles. The largest absolute Gasteiger partial charge is 0.756 e. The minimum Gasteiger partial charge on any atom is -0.756 e. The van der Waals surface area contributed by atoms with Crippen molar-refractivity contribution in [2.24, 2.45) is 0 Å². The molecular weight excluding hydrogens is 649 g/mol. The minimum absolute atomic E-state index is 0.0428. The number of hydrogen-bond donors (Lipinski definition) is 1. The summed E-state index contributed by atoms with van der Waals surface area (Å²) >= 11 is 4.24. The van der Waals surface area contributed by atoms with Crippen LogP contribution in [0, 0.1) is 0 Å². The number of hydrogen-bond acceptors (Lipinski definition) is 9. The molecule has 2 atom stereocenters. The summed E-state index contributed by atoms with van der Waals surface area (Å²) in [7, 11) is -0.714. The summed E-state index contributed by atoms with van der Waals surface area (Å²) in [4.78, 5) is 37.5. The van der Waals surface area contributed by atoms with E-state index in [2.05, 4.69) is 26.5 Å². The molecule has 0 radical (unpaired) electrons. The van der Waals surface area contributed by atoms with E-state index in [0.29, 0.717) is 23.2 Å². The molecule has 0 fully saturated rings. The molecule has 11 heteroatoms. The first-order valence-electron chi connectivity index (χ1n) is 19.4. The van der Waals surface area contributed by atoms with Gasteiger partial charge in [-0.2, -0.15) is 12.6 Å². The second-order valence-corrected chi connectivity index (χ2v) is 15.9. The van der Waals surface area contributed by atoms with Gasteiger partial charge in [-0.05, 0) is 12.8 Å². The van der Waals surface area contributed by atoms with E-state index in [4.69, 9.17) is 18.5 Å². The number of rotatable bonds is 36. The standard InChI is InChI=1S/C37H74NO8PS/c1-5-7-9-11-13-15-17-19-21-23-25-27-36(39)43-33-35(34-45-47(41,42)44-31-29-38(3,4)30-32-48)46-37(40)28-26-24-22-20-18-16-14-12-10-8-6-2/h35H,5-34H2,1-4H3,(H-,41,42,48). The third-order valence-corrected chi connectivity index (χ3v) is 9.93. The normalized spacial score (nSPS) is 13.7. The Bertz CT molecular complexity index is 816. The van der Waals surface area contributed by atoms with Gasteiger partial charge in [0.15, 0.2) is 6.10 Å². The average molecular weight is 724 g/mol. The molecule has 0 aromatic carbocycles. The molecular formula is C37H74NO8PS. The zero-order valence-corrected chi connectivity index (χ0v) is 33.2. The van der Waals surface area contributed by atoms with Crippen LogP contribution in [0.15, 0.2) is 0 Å². The van der Waals surface area contributed by atoms with Gasteiger partial charge in [0, 0.05) is 18.6 Å². The highest BCUT2D eigenvalue weighted by atomic mass is 32.1. The maximum Gasteiger partial charge on any atom is 0.306 e. The van der Waals surface area contributed by atoms with Crippen molar-refractivity contribution >= 4 is 32.4 Å². The second kappa shape index (κ2) is 32.3. The molecule has 0 N–H and O–H groups in total. The number of esters is 2. The quantitative estimate of drug-likeness (QED) is 0.0224. The summed E-state index contributed by atoms with van der Waals surface area (Å²) in [5, 5.41) is 0. The van der Waals surface area contributed by atoms with Crippen molar-refractivity contribution in [3.63, 3.8) is 0 Å². The summed E-state index contributed by atoms with van der Waals surface area (Å²) < 4.78 is 34.0. The van der Waals surface area contributed by atoms with Crippen LogP contribution in [0.3, 0.4) is 0 Å². The van der Waals surface area contributed by atoms with E-state index < -0.39 is 26.5 Å². The van der Waals surface area contributed by atoms with E-state index in [1.54, 1.807) is 0 Å². The van der Waals surface area contributed by atoms with E-state index in [1.165, 1.54) is 96.3 Å². The van der Waals surface area contributed by atoms with Gasteiger partial charge in [0.1, 0.15) is 19.8 Å². The Hall–Kier alpha value is -0.640. The highest BCUT2D eigenvalue weighted by molar-refractivity contribution is 7.80. The van der Waals surface area contributed by atoms with E-state index in [-0.39, 0.29) is 32.0 Å². The number of phosphoric acid groups is 1. The molecule has 0 saturated heterocycles. The summed E-state index contributed by atoms with van der Waals surface area (Å²) in [6, 6.07) is 0. The number of likely N-dealkylation sites (N-methyl/N-ethyl adjacent to an activating group) is 1.